The second-order valence-corrected chi connectivity index (χ2v) is 5.56. The molecule has 8 heteroatoms. The van der Waals surface area contributed by atoms with Gasteiger partial charge >= 0.3 is 0 Å². The van der Waals surface area contributed by atoms with Crippen molar-refractivity contribution >= 4 is 23.2 Å². The molecule has 0 unspecified atom stereocenters. The number of hydrogen-bond donors (Lipinski definition) is 1. The topological polar surface area (TPSA) is 78.4 Å². The molecule has 0 aliphatic carbocycles. The molecule has 0 aliphatic rings. The summed E-state index contributed by atoms with van der Waals surface area (Å²) in [5, 5.41) is 3.51. The number of halogens is 1. The van der Waals surface area contributed by atoms with Crippen LogP contribution in [0.1, 0.15) is 0 Å². The predicted octanol–water partition coefficient (Wildman–Crippen LogP) is 3.96. The molecule has 1 N–H and O–H groups in total. The summed E-state index contributed by atoms with van der Waals surface area (Å²) in [6.45, 7) is 0. The van der Waals surface area contributed by atoms with Crippen LogP contribution in [-0.4, -0.2) is 36.3 Å². The lowest BCUT2D eigenvalue weighted by Gasteiger charge is -2.14. The maximum atomic E-state index is 5.80. The molecule has 2 heterocycles. The van der Waals surface area contributed by atoms with Crippen LogP contribution in [0.5, 0.6) is 17.2 Å². The van der Waals surface area contributed by atoms with Crippen LogP contribution in [0.3, 0.4) is 0 Å². The maximum Gasteiger partial charge on any atom is 0.227 e. The van der Waals surface area contributed by atoms with E-state index in [4.69, 9.17) is 25.8 Å². The van der Waals surface area contributed by atoms with Crippen LogP contribution in [0.4, 0.5) is 11.6 Å². The van der Waals surface area contributed by atoms with Crippen LogP contribution in [0.2, 0.25) is 5.15 Å². The summed E-state index contributed by atoms with van der Waals surface area (Å²) in [4.78, 5) is 12.8. The number of methoxy groups -OCH3 is 3. The van der Waals surface area contributed by atoms with Gasteiger partial charge in [-0.15, -0.1) is 0 Å². The van der Waals surface area contributed by atoms with Gasteiger partial charge in [0.15, 0.2) is 11.5 Å². The molecule has 134 valence electrons. The normalized spacial score (nSPS) is 10.3. The van der Waals surface area contributed by atoms with E-state index in [9.17, 15) is 0 Å². The molecule has 7 nitrogen and oxygen atoms in total. The number of nitrogens with one attached hydrogen (secondary N) is 1. The standard InChI is InChI=1S/C18H17ClN4O3/c1-24-14-8-11(9-15(25-2)17(14)26-3)13-6-7-20-18(23-13)22-12-4-5-16(19)21-10-12/h4-10H,1-3H3,(H,20,22,23). The van der Waals surface area contributed by atoms with Crippen molar-refractivity contribution in [2.24, 2.45) is 0 Å². The highest BCUT2D eigenvalue weighted by Crippen LogP contribution is 2.40. The van der Waals surface area contributed by atoms with Gasteiger partial charge in [0, 0.05) is 11.8 Å². The summed E-state index contributed by atoms with van der Waals surface area (Å²) in [5.41, 5.74) is 2.24. The smallest absolute Gasteiger partial charge is 0.227 e. The van der Waals surface area contributed by atoms with Gasteiger partial charge in [0.25, 0.3) is 0 Å². The number of anilines is 2. The number of nitrogens with zero attached hydrogens (tertiary/aromatic N) is 3. The van der Waals surface area contributed by atoms with Crippen LogP contribution in [0.25, 0.3) is 11.3 Å². The van der Waals surface area contributed by atoms with Crippen molar-refractivity contribution in [1.82, 2.24) is 15.0 Å². The van der Waals surface area contributed by atoms with E-state index < -0.39 is 0 Å². The fraction of sp³-hybridized carbons (Fsp3) is 0.167. The summed E-state index contributed by atoms with van der Waals surface area (Å²) >= 11 is 5.80. The van der Waals surface area contributed by atoms with E-state index in [1.165, 1.54) is 0 Å². The SMILES string of the molecule is COc1cc(-c2ccnc(Nc3ccc(Cl)nc3)n2)cc(OC)c1OC. The Kier molecular flexibility index (Phi) is 5.38. The highest BCUT2D eigenvalue weighted by Gasteiger charge is 2.15. The Labute approximate surface area is 155 Å². The number of benzene rings is 1. The van der Waals surface area contributed by atoms with Gasteiger partial charge in [-0.05, 0) is 30.3 Å². The molecule has 0 atom stereocenters. The molecule has 0 fully saturated rings. The third-order valence-corrected chi connectivity index (χ3v) is 3.82. The van der Waals surface area contributed by atoms with E-state index >= 15 is 0 Å². The van der Waals surface area contributed by atoms with Crippen molar-refractivity contribution in [3.8, 4) is 28.5 Å². The zero-order valence-corrected chi connectivity index (χ0v) is 15.2. The molecule has 3 aromatic rings. The molecule has 0 amide bonds. The fourth-order valence-electron chi connectivity index (χ4n) is 2.39. The largest absolute Gasteiger partial charge is 0.493 e. The minimum Gasteiger partial charge on any atom is -0.493 e. The minimum absolute atomic E-state index is 0.419. The Hall–Kier alpha value is -3.06. The van der Waals surface area contributed by atoms with Gasteiger partial charge in [0.1, 0.15) is 5.15 Å². The van der Waals surface area contributed by atoms with Gasteiger partial charge in [-0.25, -0.2) is 15.0 Å². The number of ether oxygens (including phenoxy) is 3. The monoisotopic (exact) mass is 372 g/mol. The first-order chi connectivity index (χ1) is 12.6. The second kappa shape index (κ2) is 7.88. The molecule has 0 saturated heterocycles. The molecule has 3 rings (SSSR count). The molecule has 0 saturated carbocycles. The van der Waals surface area contributed by atoms with E-state index in [0.29, 0.717) is 34.0 Å². The number of pyridine rings is 1. The predicted molar refractivity (Wildman–Crippen MR) is 99.7 cm³/mol. The van der Waals surface area contributed by atoms with Gasteiger partial charge in [0.2, 0.25) is 11.7 Å². The highest BCUT2D eigenvalue weighted by atomic mass is 35.5. The lowest BCUT2D eigenvalue weighted by Crippen LogP contribution is -1.99. The molecular formula is C18H17ClN4O3. The van der Waals surface area contributed by atoms with Crippen molar-refractivity contribution in [3.63, 3.8) is 0 Å². The number of rotatable bonds is 6. The second-order valence-electron chi connectivity index (χ2n) is 5.17. The fourth-order valence-corrected chi connectivity index (χ4v) is 2.50. The van der Waals surface area contributed by atoms with Gasteiger partial charge in [-0.2, -0.15) is 0 Å². The summed E-state index contributed by atoms with van der Waals surface area (Å²) in [7, 11) is 4.70. The molecule has 0 aliphatic heterocycles. The number of aromatic nitrogens is 3. The lowest BCUT2D eigenvalue weighted by atomic mass is 10.1. The van der Waals surface area contributed by atoms with Crippen LogP contribution in [0, 0.1) is 0 Å². The molecule has 2 aromatic heterocycles. The Balaban J connectivity index is 1.96. The Morgan fingerprint density at radius 3 is 2.23 bits per heavy atom. The zero-order valence-electron chi connectivity index (χ0n) is 14.5. The van der Waals surface area contributed by atoms with Crippen LogP contribution in [-0.2, 0) is 0 Å². The molecule has 1 aromatic carbocycles. The summed E-state index contributed by atoms with van der Waals surface area (Å²) < 4.78 is 16.1. The van der Waals surface area contributed by atoms with Crippen LogP contribution in [0.15, 0.2) is 42.7 Å². The highest BCUT2D eigenvalue weighted by molar-refractivity contribution is 6.29. The van der Waals surface area contributed by atoms with Gasteiger partial charge in [-0.1, -0.05) is 11.6 Å². The quantitative estimate of drug-likeness (QED) is 0.656. The van der Waals surface area contributed by atoms with Crippen molar-refractivity contribution in [2.45, 2.75) is 0 Å². The van der Waals surface area contributed by atoms with Gasteiger partial charge in [0.05, 0.1) is 38.9 Å². The summed E-state index contributed by atoms with van der Waals surface area (Å²) in [6.07, 6.45) is 3.27. The van der Waals surface area contributed by atoms with Crippen molar-refractivity contribution in [3.05, 3.63) is 47.9 Å². The van der Waals surface area contributed by atoms with Crippen LogP contribution >= 0.6 is 11.6 Å². The summed E-state index contributed by atoms with van der Waals surface area (Å²) in [6, 6.07) is 8.94. The molecule has 0 spiro atoms. The van der Waals surface area contributed by atoms with E-state index in [2.05, 4.69) is 20.3 Å². The Bertz CT molecular complexity index is 878. The Morgan fingerprint density at radius 2 is 1.65 bits per heavy atom. The van der Waals surface area contributed by atoms with E-state index in [0.717, 1.165) is 11.3 Å². The average Bonchev–Trinajstić information content (AvgIpc) is 2.68. The zero-order chi connectivity index (χ0) is 18.5. The first-order valence-electron chi connectivity index (χ1n) is 7.66. The molecule has 0 radical (unpaired) electrons. The van der Waals surface area contributed by atoms with Gasteiger partial charge in [-0.3, -0.25) is 0 Å². The lowest BCUT2D eigenvalue weighted by molar-refractivity contribution is 0.324. The van der Waals surface area contributed by atoms with Crippen molar-refractivity contribution < 1.29 is 14.2 Å². The minimum atomic E-state index is 0.419. The van der Waals surface area contributed by atoms with E-state index in [-0.39, 0.29) is 0 Å². The van der Waals surface area contributed by atoms with Gasteiger partial charge < -0.3 is 19.5 Å². The van der Waals surface area contributed by atoms with Crippen molar-refractivity contribution in [1.29, 1.82) is 0 Å². The van der Waals surface area contributed by atoms with E-state index in [1.54, 1.807) is 51.9 Å². The first-order valence-corrected chi connectivity index (χ1v) is 8.04. The molecular weight excluding hydrogens is 356 g/mol. The summed E-state index contributed by atoms with van der Waals surface area (Å²) in [5.74, 6) is 2.06. The first kappa shape index (κ1) is 17.8. The third kappa shape index (κ3) is 3.78. The molecule has 26 heavy (non-hydrogen) atoms. The van der Waals surface area contributed by atoms with E-state index in [1.807, 2.05) is 12.1 Å². The number of hydrogen-bond acceptors (Lipinski definition) is 7. The van der Waals surface area contributed by atoms with Crippen molar-refractivity contribution in [2.75, 3.05) is 26.6 Å². The maximum absolute atomic E-state index is 5.80. The average molecular weight is 373 g/mol. The molecule has 0 bridgehead atoms. The third-order valence-electron chi connectivity index (χ3n) is 3.60. The van der Waals surface area contributed by atoms with Crippen LogP contribution < -0.4 is 19.5 Å². The Morgan fingerprint density at radius 1 is 0.923 bits per heavy atom.